The molecule has 21 heavy (non-hydrogen) atoms. The zero-order chi connectivity index (χ0) is 15.2. The third kappa shape index (κ3) is 3.92. The summed E-state index contributed by atoms with van der Waals surface area (Å²) in [6, 6.07) is 7.16. The molecule has 1 aromatic heterocycles. The molecule has 2 rings (SSSR count). The van der Waals surface area contributed by atoms with E-state index in [-0.39, 0.29) is 17.7 Å². The second-order valence-corrected chi connectivity index (χ2v) is 4.28. The van der Waals surface area contributed by atoms with Crippen LogP contribution in [0.1, 0.15) is 22.8 Å². The molecule has 0 saturated heterocycles. The summed E-state index contributed by atoms with van der Waals surface area (Å²) in [4.78, 5) is 14.9. The Morgan fingerprint density at radius 3 is 2.81 bits per heavy atom. The summed E-state index contributed by atoms with van der Waals surface area (Å²) < 4.78 is 18.9. The van der Waals surface area contributed by atoms with Gasteiger partial charge in [-0.15, -0.1) is 0 Å². The lowest BCUT2D eigenvalue weighted by atomic mass is 10.1. The van der Waals surface area contributed by atoms with Gasteiger partial charge in [0.1, 0.15) is 5.82 Å². The van der Waals surface area contributed by atoms with Crippen LogP contribution in [0.5, 0.6) is 5.88 Å². The van der Waals surface area contributed by atoms with Crippen molar-refractivity contribution in [2.45, 2.75) is 13.5 Å². The monoisotopic (exact) mass is 290 g/mol. The van der Waals surface area contributed by atoms with Crippen LogP contribution in [-0.4, -0.2) is 22.7 Å². The third-order valence-electron chi connectivity index (χ3n) is 2.80. The minimum Gasteiger partial charge on any atom is -0.478 e. The molecular formula is C15H15FN2O3. The zero-order valence-corrected chi connectivity index (χ0v) is 11.5. The molecular weight excluding hydrogens is 275 g/mol. The topological polar surface area (TPSA) is 71.5 Å². The summed E-state index contributed by atoms with van der Waals surface area (Å²) in [5, 5.41) is 11.9. The van der Waals surface area contributed by atoms with Crippen LogP contribution in [0, 0.1) is 5.82 Å². The molecule has 1 aromatic carbocycles. The van der Waals surface area contributed by atoms with Crippen LogP contribution < -0.4 is 10.1 Å². The Labute approximate surface area is 121 Å². The average molecular weight is 290 g/mol. The third-order valence-corrected chi connectivity index (χ3v) is 2.80. The van der Waals surface area contributed by atoms with Crippen LogP contribution in [0.25, 0.3) is 0 Å². The number of halogens is 1. The fraction of sp³-hybridized carbons (Fsp3) is 0.200. The molecule has 0 atom stereocenters. The normalized spacial score (nSPS) is 10.2. The van der Waals surface area contributed by atoms with E-state index in [1.807, 2.05) is 6.92 Å². The number of ether oxygens (including phenoxy) is 1. The molecule has 0 bridgehead atoms. The van der Waals surface area contributed by atoms with E-state index in [1.165, 1.54) is 12.1 Å². The first-order chi connectivity index (χ1) is 10.1. The van der Waals surface area contributed by atoms with Crippen molar-refractivity contribution in [3.63, 3.8) is 0 Å². The smallest absolute Gasteiger partial charge is 0.335 e. The van der Waals surface area contributed by atoms with Gasteiger partial charge in [0.15, 0.2) is 0 Å². The summed E-state index contributed by atoms with van der Waals surface area (Å²) in [6.07, 6.45) is 1.57. The number of carbonyl (C=O) groups is 1. The van der Waals surface area contributed by atoms with Gasteiger partial charge in [-0.2, -0.15) is 0 Å². The van der Waals surface area contributed by atoms with Gasteiger partial charge in [-0.3, -0.25) is 0 Å². The van der Waals surface area contributed by atoms with Crippen molar-refractivity contribution in [1.29, 1.82) is 0 Å². The Morgan fingerprint density at radius 2 is 2.19 bits per heavy atom. The summed E-state index contributed by atoms with van der Waals surface area (Å²) >= 11 is 0. The molecule has 0 saturated carbocycles. The predicted molar refractivity (Wildman–Crippen MR) is 76.1 cm³/mol. The van der Waals surface area contributed by atoms with Crippen molar-refractivity contribution >= 4 is 11.7 Å². The van der Waals surface area contributed by atoms with E-state index < -0.39 is 11.8 Å². The van der Waals surface area contributed by atoms with Crippen LogP contribution in [0.4, 0.5) is 10.1 Å². The van der Waals surface area contributed by atoms with Gasteiger partial charge in [0.2, 0.25) is 5.88 Å². The first kappa shape index (κ1) is 14.8. The Hall–Kier alpha value is -2.63. The standard InChI is InChI=1S/C15H15FN2O3/c1-2-21-14-6-4-12(9-18-14)17-8-11-7-10(15(19)20)3-5-13(11)16/h3-7,9,17H,2,8H2,1H3,(H,19,20). The number of rotatable bonds is 6. The lowest BCUT2D eigenvalue weighted by Crippen LogP contribution is -2.05. The number of carboxylic acid groups (broad SMARTS) is 1. The van der Waals surface area contributed by atoms with Crippen molar-refractivity contribution in [3.05, 3.63) is 53.5 Å². The van der Waals surface area contributed by atoms with E-state index in [4.69, 9.17) is 9.84 Å². The number of aromatic nitrogens is 1. The number of nitrogens with one attached hydrogen (secondary N) is 1. The summed E-state index contributed by atoms with van der Waals surface area (Å²) in [6.45, 7) is 2.57. The maximum absolute atomic E-state index is 13.6. The molecule has 0 aliphatic rings. The number of hydrogen-bond donors (Lipinski definition) is 2. The molecule has 2 aromatic rings. The lowest BCUT2D eigenvalue weighted by Gasteiger charge is -2.09. The number of carboxylic acids is 1. The minimum absolute atomic E-state index is 0.0537. The minimum atomic E-state index is -1.08. The van der Waals surface area contributed by atoms with E-state index in [9.17, 15) is 9.18 Å². The van der Waals surface area contributed by atoms with Gasteiger partial charge >= 0.3 is 5.97 Å². The highest BCUT2D eigenvalue weighted by Crippen LogP contribution is 2.15. The molecule has 5 nitrogen and oxygen atoms in total. The van der Waals surface area contributed by atoms with Gasteiger partial charge in [0, 0.05) is 18.2 Å². The molecule has 0 unspecified atom stereocenters. The van der Waals surface area contributed by atoms with Crippen molar-refractivity contribution < 1.29 is 19.0 Å². The van der Waals surface area contributed by atoms with Gasteiger partial charge in [-0.1, -0.05) is 0 Å². The molecule has 0 spiro atoms. The Kier molecular flexibility index (Phi) is 4.71. The first-order valence-electron chi connectivity index (χ1n) is 6.44. The number of benzene rings is 1. The molecule has 110 valence electrons. The van der Waals surface area contributed by atoms with Crippen LogP contribution in [0.2, 0.25) is 0 Å². The highest BCUT2D eigenvalue weighted by atomic mass is 19.1. The summed E-state index contributed by atoms with van der Waals surface area (Å²) in [5.41, 5.74) is 1.03. The second kappa shape index (κ2) is 6.69. The first-order valence-corrected chi connectivity index (χ1v) is 6.44. The zero-order valence-electron chi connectivity index (χ0n) is 11.5. The van der Waals surface area contributed by atoms with Gasteiger partial charge in [-0.05, 0) is 31.2 Å². The molecule has 0 radical (unpaired) electrons. The Morgan fingerprint density at radius 1 is 1.38 bits per heavy atom. The Balaban J connectivity index is 2.05. The molecule has 6 heteroatoms. The number of nitrogens with zero attached hydrogens (tertiary/aromatic N) is 1. The van der Waals surface area contributed by atoms with Gasteiger partial charge in [0.25, 0.3) is 0 Å². The largest absolute Gasteiger partial charge is 0.478 e. The van der Waals surface area contributed by atoms with E-state index in [0.29, 0.717) is 18.2 Å². The fourth-order valence-electron chi connectivity index (χ4n) is 1.76. The number of hydrogen-bond acceptors (Lipinski definition) is 4. The van der Waals surface area contributed by atoms with Crippen molar-refractivity contribution in [1.82, 2.24) is 4.98 Å². The highest BCUT2D eigenvalue weighted by molar-refractivity contribution is 5.87. The molecule has 0 aliphatic carbocycles. The SMILES string of the molecule is CCOc1ccc(NCc2cc(C(=O)O)ccc2F)cn1. The van der Waals surface area contributed by atoms with Gasteiger partial charge in [0.05, 0.1) is 24.1 Å². The number of aromatic carboxylic acids is 1. The van der Waals surface area contributed by atoms with Crippen LogP contribution >= 0.6 is 0 Å². The van der Waals surface area contributed by atoms with Crippen LogP contribution in [0.15, 0.2) is 36.5 Å². The maximum Gasteiger partial charge on any atom is 0.335 e. The summed E-state index contributed by atoms with van der Waals surface area (Å²) in [7, 11) is 0. The second-order valence-electron chi connectivity index (χ2n) is 4.28. The molecule has 0 fully saturated rings. The quantitative estimate of drug-likeness (QED) is 0.856. The van der Waals surface area contributed by atoms with Crippen LogP contribution in [-0.2, 0) is 6.54 Å². The van der Waals surface area contributed by atoms with E-state index in [1.54, 1.807) is 18.3 Å². The van der Waals surface area contributed by atoms with Crippen molar-refractivity contribution in [3.8, 4) is 5.88 Å². The van der Waals surface area contributed by atoms with E-state index in [2.05, 4.69) is 10.3 Å². The number of anilines is 1. The summed E-state index contributed by atoms with van der Waals surface area (Å²) in [5.74, 6) is -1.02. The number of pyridine rings is 1. The fourth-order valence-corrected chi connectivity index (χ4v) is 1.76. The Bertz CT molecular complexity index is 629. The van der Waals surface area contributed by atoms with E-state index >= 15 is 0 Å². The van der Waals surface area contributed by atoms with Gasteiger partial charge in [-0.25, -0.2) is 14.2 Å². The molecule has 1 heterocycles. The maximum atomic E-state index is 13.6. The van der Waals surface area contributed by atoms with Crippen LogP contribution in [0.3, 0.4) is 0 Å². The van der Waals surface area contributed by atoms with E-state index in [0.717, 1.165) is 6.07 Å². The molecule has 0 amide bonds. The highest BCUT2D eigenvalue weighted by Gasteiger charge is 2.08. The average Bonchev–Trinajstić information content (AvgIpc) is 2.48. The predicted octanol–water partition coefficient (Wildman–Crippen LogP) is 2.93. The molecule has 0 aliphatic heterocycles. The van der Waals surface area contributed by atoms with Gasteiger partial charge < -0.3 is 15.2 Å². The van der Waals surface area contributed by atoms with Crippen molar-refractivity contribution in [2.24, 2.45) is 0 Å². The lowest BCUT2D eigenvalue weighted by molar-refractivity contribution is 0.0696. The molecule has 2 N–H and O–H groups in total. The van der Waals surface area contributed by atoms with Crippen molar-refractivity contribution in [2.75, 3.05) is 11.9 Å².